The van der Waals surface area contributed by atoms with Crippen LogP contribution in [0.25, 0.3) is 0 Å². The van der Waals surface area contributed by atoms with E-state index in [4.69, 9.17) is 9.52 Å². The Bertz CT molecular complexity index is 499. The highest BCUT2D eigenvalue weighted by molar-refractivity contribution is 7.98. The molecule has 0 saturated heterocycles. The molecule has 1 N–H and O–H groups in total. The average molecular weight is 254 g/mol. The van der Waals surface area contributed by atoms with Crippen LogP contribution in [-0.2, 0) is 5.75 Å². The number of carboxylic acids is 1. The molecular weight excluding hydrogens is 244 g/mol. The first-order chi connectivity index (χ1) is 7.66. The van der Waals surface area contributed by atoms with Gasteiger partial charge in [0.25, 0.3) is 0 Å². The molecule has 5 heteroatoms. The van der Waals surface area contributed by atoms with Crippen LogP contribution < -0.4 is 0 Å². The van der Waals surface area contributed by atoms with Gasteiger partial charge >= 0.3 is 5.97 Å². The number of thioether (sulfide) groups is 1. The Labute approximate surface area is 101 Å². The van der Waals surface area contributed by atoms with Crippen molar-refractivity contribution in [2.45, 2.75) is 17.6 Å². The summed E-state index contributed by atoms with van der Waals surface area (Å²) in [6.45, 7) is 1.92. The average Bonchev–Trinajstić information content (AvgIpc) is 2.83. The van der Waals surface area contributed by atoms with Crippen molar-refractivity contribution in [3.8, 4) is 0 Å². The number of furan rings is 1. The van der Waals surface area contributed by atoms with Gasteiger partial charge in [-0.15, -0.1) is 23.1 Å². The lowest BCUT2D eigenvalue weighted by Gasteiger charge is -1.96. The second kappa shape index (κ2) is 4.76. The third-order valence-corrected chi connectivity index (χ3v) is 4.50. The number of rotatable bonds is 4. The molecule has 2 aromatic heterocycles. The zero-order chi connectivity index (χ0) is 11.5. The fourth-order valence-electron chi connectivity index (χ4n) is 1.24. The van der Waals surface area contributed by atoms with E-state index in [-0.39, 0.29) is 0 Å². The quantitative estimate of drug-likeness (QED) is 0.846. The SMILES string of the molecule is Cc1occc1SCc1ccc(C(=O)O)s1. The first kappa shape index (κ1) is 11.3. The summed E-state index contributed by atoms with van der Waals surface area (Å²) in [5.41, 5.74) is 0. The van der Waals surface area contributed by atoms with Crippen molar-refractivity contribution in [3.63, 3.8) is 0 Å². The van der Waals surface area contributed by atoms with Crippen LogP contribution in [0.3, 0.4) is 0 Å². The number of hydrogen-bond acceptors (Lipinski definition) is 4. The largest absolute Gasteiger partial charge is 0.477 e. The highest BCUT2D eigenvalue weighted by Crippen LogP contribution is 2.29. The van der Waals surface area contributed by atoms with Crippen LogP contribution in [0.15, 0.2) is 33.8 Å². The Morgan fingerprint density at radius 3 is 2.88 bits per heavy atom. The van der Waals surface area contributed by atoms with E-state index in [9.17, 15) is 4.79 Å². The summed E-state index contributed by atoms with van der Waals surface area (Å²) in [7, 11) is 0. The summed E-state index contributed by atoms with van der Waals surface area (Å²) < 4.78 is 5.18. The van der Waals surface area contributed by atoms with Gasteiger partial charge in [-0.2, -0.15) is 0 Å². The van der Waals surface area contributed by atoms with Crippen molar-refractivity contribution in [3.05, 3.63) is 40.0 Å². The third kappa shape index (κ3) is 2.48. The van der Waals surface area contributed by atoms with E-state index in [1.54, 1.807) is 24.1 Å². The van der Waals surface area contributed by atoms with Crippen LogP contribution in [0, 0.1) is 6.92 Å². The minimum absolute atomic E-state index is 0.388. The molecule has 0 atom stereocenters. The molecule has 2 rings (SSSR count). The molecule has 0 unspecified atom stereocenters. The maximum atomic E-state index is 10.7. The van der Waals surface area contributed by atoms with Crippen molar-refractivity contribution in [2.75, 3.05) is 0 Å². The number of aromatic carboxylic acids is 1. The highest BCUT2D eigenvalue weighted by Gasteiger charge is 2.08. The van der Waals surface area contributed by atoms with Gasteiger partial charge in [-0.05, 0) is 25.1 Å². The smallest absolute Gasteiger partial charge is 0.345 e. The van der Waals surface area contributed by atoms with Crippen molar-refractivity contribution < 1.29 is 14.3 Å². The van der Waals surface area contributed by atoms with Gasteiger partial charge in [0.15, 0.2) is 0 Å². The maximum absolute atomic E-state index is 10.7. The summed E-state index contributed by atoms with van der Waals surface area (Å²) in [4.78, 5) is 13.2. The molecule has 0 aromatic carbocycles. The van der Waals surface area contributed by atoms with Crippen LogP contribution in [0.4, 0.5) is 0 Å². The predicted molar refractivity (Wildman–Crippen MR) is 64.3 cm³/mol. The highest BCUT2D eigenvalue weighted by atomic mass is 32.2. The molecule has 84 valence electrons. The first-order valence-corrected chi connectivity index (χ1v) is 6.46. The molecule has 0 aliphatic heterocycles. The number of thiophene rings is 1. The van der Waals surface area contributed by atoms with Gasteiger partial charge in [-0.25, -0.2) is 4.79 Å². The number of carbonyl (C=O) groups is 1. The Morgan fingerprint density at radius 1 is 1.50 bits per heavy atom. The topological polar surface area (TPSA) is 50.4 Å². The number of hydrogen-bond donors (Lipinski definition) is 1. The van der Waals surface area contributed by atoms with Gasteiger partial charge in [-0.1, -0.05) is 0 Å². The second-order valence-corrected chi connectivity index (χ2v) is 5.39. The molecule has 2 aromatic rings. The zero-order valence-electron chi connectivity index (χ0n) is 8.60. The minimum atomic E-state index is -0.860. The van der Waals surface area contributed by atoms with Gasteiger partial charge in [0.1, 0.15) is 10.6 Å². The molecule has 2 heterocycles. The van der Waals surface area contributed by atoms with E-state index in [1.807, 2.05) is 19.1 Å². The summed E-state index contributed by atoms with van der Waals surface area (Å²) >= 11 is 2.97. The predicted octanol–water partition coefficient (Wildman–Crippen LogP) is 3.64. The lowest BCUT2D eigenvalue weighted by Crippen LogP contribution is -1.89. The second-order valence-electron chi connectivity index (χ2n) is 3.20. The fraction of sp³-hybridized carbons (Fsp3) is 0.182. The van der Waals surface area contributed by atoms with Gasteiger partial charge in [0, 0.05) is 15.5 Å². The van der Waals surface area contributed by atoms with Crippen molar-refractivity contribution in [2.24, 2.45) is 0 Å². The third-order valence-electron chi connectivity index (χ3n) is 2.05. The van der Waals surface area contributed by atoms with Gasteiger partial charge in [0.2, 0.25) is 0 Å². The minimum Gasteiger partial charge on any atom is -0.477 e. The van der Waals surface area contributed by atoms with Crippen LogP contribution >= 0.6 is 23.1 Å². The molecule has 0 amide bonds. The maximum Gasteiger partial charge on any atom is 0.345 e. The number of carboxylic acid groups (broad SMARTS) is 1. The van der Waals surface area contributed by atoms with Crippen molar-refractivity contribution >= 4 is 29.1 Å². The Morgan fingerprint density at radius 2 is 2.31 bits per heavy atom. The van der Waals surface area contributed by atoms with E-state index >= 15 is 0 Å². The molecule has 3 nitrogen and oxygen atoms in total. The van der Waals surface area contributed by atoms with E-state index in [1.165, 1.54) is 11.3 Å². The molecule has 0 radical (unpaired) electrons. The van der Waals surface area contributed by atoms with E-state index in [0.29, 0.717) is 4.88 Å². The summed E-state index contributed by atoms with van der Waals surface area (Å²) in [6, 6.07) is 5.42. The van der Waals surface area contributed by atoms with Crippen molar-refractivity contribution in [1.29, 1.82) is 0 Å². The van der Waals surface area contributed by atoms with Crippen LogP contribution in [0.5, 0.6) is 0 Å². The van der Waals surface area contributed by atoms with Crippen LogP contribution in [-0.4, -0.2) is 11.1 Å². The normalized spacial score (nSPS) is 10.6. The lowest BCUT2D eigenvalue weighted by atomic mass is 10.4. The van der Waals surface area contributed by atoms with E-state index in [0.717, 1.165) is 21.3 Å². The molecule has 0 spiro atoms. The van der Waals surface area contributed by atoms with Gasteiger partial charge in [0.05, 0.1) is 6.26 Å². The number of aryl methyl sites for hydroxylation is 1. The van der Waals surface area contributed by atoms with Crippen LogP contribution in [0.2, 0.25) is 0 Å². The summed E-state index contributed by atoms with van der Waals surface area (Å²) in [6.07, 6.45) is 1.66. The van der Waals surface area contributed by atoms with Crippen LogP contribution in [0.1, 0.15) is 20.3 Å². The fourth-order valence-corrected chi connectivity index (χ4v) is 3.09. The van der Waals surface area contributed by atoms with Crippen molar-refractivity contribution in [1.82, 2.24) is 0 Å². The van der Waals surface area contributed by atoms with E-state index < -0.39 is 5.97 Å². The standard InChI is InChI=1S/C11H10O3S2/c1-7-9(4-5-14-7)15-6-8-2-3-10(16-8)11(12)13/h2-5H,6H2,1H3,(H,12,13). The van der Waals surface area contributed by atoms with E-state index in [2.05, 4.69) is 0 Å². The van der Waals surface area contributed by atoms with Gasteiger partial charge < -0.3 is 9.52 Å². The van der Waals surface area contributed by atoms with Gasteiger partial charge in [-0.3, -0.25) is 0 Å². The Kier molecular flexibility index (Phi) is 3.36. The summed E-state index contributed by atoms with van der Waals surface area (Å²) in [5.74, 6) is 0.818. The molecule has 16 heavy (non-hydrogen) atoms. The molecule has 0 aliphatic rings. The lowest BCUT2D eigenvalue weighted by molar-refractivity contribution is 0.0702. The Hall–Kier alpha value is -1.20. The molecule has 0 aliphatic carbocycles. The molecular formula is C11H10O3S2. The molecule has 0 fully saturated rings. The Balaban J connectivity index is 2.00. The monoisotopic (exact) mass is 254 g/mol. The molecule has 0 bridgehead atoms. The molecule has 0 saturated carbocycles. The zero-order valence-corrected chi connectivity index (χ0v) is 10.2. The first-order valence-electron chi connectivity index (χ1n) is 4.65. The summed E-state index contributed by atoms with van der Waals surface area (Å²) in [5, 5.41) is 8.78.